The van der Waals surface area contributed by atoms with E-state index in [0.717, 1.165) is 12.8 Å². The quantitative estimate of drug-likeness (QED) is 0.718. The van der Waals surface area contributed by atoms with Gasteiger partial charge in [0.1, 0.15) is 10.7 Å². The van der Waals surface area contributed by atoms with Crippen LogP contribution < -0.4 is 0 Å². The fourth-order valence-electron chi connectivity index (χ4n) is 2.61. The number of hydrogen-bond donors (Lipinski definition) is 0. The SMILES string of the molecule is CC1CCC(C)N(S(=O)(=O)c2cc(Br)cc(CCl)c2F)C1. The second-order valence-corrected chi connectivity index (χ2v) is 8.66. The lowest BCUT2D eigenvalue weighted by molar-refractivity contribution is 0.217. The third-order valence-electron chi connectivity index (χ3n) is 3.87. The van der Waals surface area contributed by atoms with Gasteiger partial charge in [-0.2, -0.15) is 4.31 Å². The molecule has 1 aromatic rings. The molecule has 1 aromatic carbocycles. The van der Waals surface area contributed by atoms with Crippen LogP contribution in [0.2, 0.25) is 0 Å². The van der Waals surface area contributed by atoms with Crippen molar-refractivity contribution < 1.29 is 12.8 Å². The average molecular weight is 399 g/mol. The van der Waals surface area contributed by atoms with Crippen LogP contribution in [0.3, 0.4) is 0 Å². The molecule has 0 spiro atoms. The van der Waals surface area contributed by atoms with Gasteiger partial charge in [0.2, 0.25) is 10.0 Å². The molecule has 21 heavy (non-hydrogen) atoms. The summed E-state index contributed by atoms with van der Waals surface area (Å²) in [6, 6.07) is 2.69. The molecular weight excluding hydrogens is 381 g/mol. The smallest absolute Gasteiger partial charge is 0.207 e. The van der Waals surface area contributed by atoms with Crippen molar-refractivity contribution in [1.82, 2.24) is 4.31 Å². The first-order chi connectivity index (χ1) is 9.77. The minimum absolute atomic E-state index is 0.0697. The minimum Gasteiger partial charge on any atom is -0.207 e. The number of piperidine rings is 1. The standard InChI is InChI=1S/C14H18BrClFNO2S/c1-9-3-4-10(2)18(8-9)21(19,20)13-6-12(15)5-11(7-16)14(13)17/h5-6,9-10H,3-4,7-8H2,1-2H3. The highest BCUT2D eigenvalue weighted by molar-refractivity contribution is 9.10. The Bertz CT molecular complexity index is 638. The maximum absolute atomic E-state index is 14.4. The van der Waals surface area contributed by atoms with Gasteiger partial charge in [-0.05, 0) is 37.8 Å². The second-order valence-electron chi connectivity index (χ2n) is 5.62. The summed E-state index contributed by atoms with van der Waals surface area (Å²) >= 11 is 8.92. The van der Waals surface area contributed by atoms with Gasteiger partial charge in [-0.25, -0.2) is 12.8 Å². The predicted molar refractivity (Wildman–Crippen MR) is 85.4 cm³/mol. The largest absolute Gasteiger partial charge is 0.246 e. The Hall–Kier alpha value is -0.170. The van der Waals surface area contributed by atoms with E-state index in [4.69, 9.17) is 11.6 Å². The average Bonchev–Trinajstić information content (AvgIpc) is 2.43. The lowest BCUT2D eigenvalue weighted by Gasteiger charge is -2.35. The van der Waals surface area contributed by atoms with Crippen LogP contribution >= 0.6 is 27.5 Å². The fourth-order valence-corrected chi connectivity index (χ4v) is 5.38. The van der Waals surface area contributed by atoms with Gasteiger partial charge >= 0.3 is 0 Å². The third-order valence-corrected chi connectivity index (χ3v) is 6.60. The van der Waals surface area contributed by atoms with Crippen molar-refractivity contribution in [3.63, 3.8) is 0 Å². The third kappa shape index (κ3) is 3.44. The summed E-state index contributed by atoms with van der Waals surface area (Å²) in [4.78, 5) is -0.298. The van der Waals surface area contributed by atoms with Gasteiger partial charge in [0.25, 0.3) is 0 Å². The molecule has 0 saturated carbocycles. The highest BCUT2D eigenvalue weighted by atomic mass is 79.9. The Labute approximate surface area is 138 Å². The van der Waals surface area contributed by atoms with Crippen molar-refractivity contribution in [3.8, 4) is 0 Å². The van der Waals surface area contributed by atoms with E-state index >= 15 is 0 Å². The Morgan fingerprint density at radius 2 is 2.05 bits per heavy atom. The van der Waals surface area contributed by atoms with Gasteiger partial charge < -0.3 is 0 Å². The molecule has 118 valence electrons. The first-order valence-corrected chi connectivity index (χ1v) is 9.59. The van der Waals surface area contributed by atoms with Crippen molar-refractivity contribution >= 4 is 37.6 Å². The van der Waals surface area contributed by atoms with Crippen LogP contribution in [0.25, 0.3) is 0 Å². The molecule has 2 unspecified atom stereocenters. The molecule has 0 bridgehead atoms. The fraction of sp³-hybridized carbons (Fsp3) is 0.571. The van der Waals surface area contributed by atoms with Gasteiger partial charge in [-0.3, -0.25) is 0 Å². The van der Waals surface area contributed by atoms with Crippen LogP contribution in [0.5, 0.6) is 0 Å². The predicted octanol–water partition coefficient (Wildman–Crippen LogP) is 4.14. The molecule has 2 atom stereocenters. The van der Waals surface area contributed by atoms with E-state index < -0.39 is 15.8 Å². The molecular formula is C14H18BrClFNO2S. The zero-order valence-electron chi connectivity index (χ0n) is 11.9. The Balaban J connectivity index is 2.51. The van der Waals surface area contributed by atoms with Crippen LogP contribution in [0.4, 0.5) is 4.39 Å². The molecule has 0 radical (unpaired) electrons. The molecule has 1 aliphatic rings. The van der Waals surface area contributed by atoms with Gasteiger partial charge in [-0.1, -0.05) is 22.9 Å². The van der Waals surface area contributed by atoms with Crippen molar-refractivity contribution in [3.05, 3.63) is 28.0 Å². The maximum atomic E-state index is 14.4. The normalized spacial score (nSPS) is 24.2. The molecule has 1 saturated heterocycles. The number of halogens is 3. The topological polar surface area (TPSA) is 37.4 Å². The molecule has 7 heteroatoms. The summed E-state index contributed by atoms with van der Waals surface area (Å²) in [6.07, 6.45) is 1.78. The number of nitrogens with zero attached hydrogens (tertiary/aromatic N) is 1. The molecule has 2 rings (SSSR count). The van der Waals surface area contributed by atoms with E-state index in [1.807, 2.05) is 13.8 Å². The summed E-state index contributed by atoms with van der Waals surface area (Å²) in [5, 5.41) is 0. The molecule has 0 amide bonds. The van der Waals surface area contributed by atoms with Crippen molar-refractivity contribution in [2.45, 2.75) is 43.5 Å². The number of alkyl halides is 1. The maximum Gasteiger partial charge on any atom is 0.246 e. The van der Waals surface area contributed by atoms with E-state index in [9.17, 15) is 12.8 Å². The van der Waals surface area contributed by atoms with Crippen LogP contribution in [-0.4, -0.2) is 25.3 Å². The van der Waals surface area contributed by atoms with E-state index in [-0.39, 0.29) is 28.3 Å². The number of rotatable bonds is 3. The molecule has 3 nitrogen and oxygen atoms in total. The van der Waals surface area contributed by atoms with Crippen molar-refractivity contribution in [2.24, 2.45) is 5.92 Å². The van der Waals surface area contributed by atoms with Crippen LogP contribution in [0, 0.1) is 11.7 Å². The molecule has 0 aliphatic carbocycles. The first kappa shape index (κ1) is 17.2. The van der Waals surface area contributed by atoms with E-state index in [0.29, 0.717) is 11.0 Å². The molecule has 1 aliphatic heterocycles. The molecule has 1 fully saturated rings. The second kappa shape index (κ2) is 6.52. The van der Waals surface area contributed by atoms with Gasteiger partial charge in [0.05, 0.1) is 5.88 Å². The zero-order chi connectivity index (χ0) is 15.8. The highest BCUT2D eigenvalue weighted by Gasteiger charge is 2.35. The van der Waals surface area contributed by atoms with Gasteiger partial charge in [0, 0.05) is 22.6 Å². The summed E-state index contributed by atoms with van der Waals surface area (Å²) in [5.41, 5.74) is 0.183. The van der Waals surface area contributed by atoms with Crippen LogP contribution in [0.1, 0.15) is 32.3 Å². The number of sulfonamides is 1. The summed E-state index contributed by atoms with van der Waals surface area (Å²) < 4.78 is 41.9. The summed E-state index contributed by atoms with van der Waals surface area (Å²) in [6.45, 7) is 4.29. The lowest BCUT2D eigenvalue weighted by Crippen LogP contribution is -2.45. The van der Waals surface area contributed by atoms with E-state index in [1.54, 1.807) is 0 Å². The lowest BCUT2D eigenvalue weighted by atomic mass is 9.97. The Kier molecular flexibility index (Phi) is 5.34. The monoisotopic (exact) mass is 397 g/mol. The van der Waals surface area contributed by atoms with Gasteiger partial charge in [0.15, 0.2) is 0 Å². The summed E-state index contributed by atoms with van der Waals surface area (Å²) in [5.74, 6) is -0.544. The molecule has 1 heterocycles. The van der Waals surface area contributed by atoms with Crippen LogP contribution in [-0.2, 0) is 15.9 Å². The van der Waals surface area contributed by atoms with Crippen molar-refractivity contribution in [2.75, 3.05) is 6.54 Å². The number of hydrogen-bond acceptors (Lipinski definition) is 2. The van der Waals surface area contributed by atoms with Crippen LogP contribution in [0.15, 0.2) is 21.5 Å². The number of benzene rings is 1. The molecule has 0 aromatic heterocycles. The van der Waals surface area contributed by atoms with E-state index in [2.05, 4.69) is 15.9 Å². The van der Waals surface area contributed by atoms with E-state index in [1.165, 1.54) is 16.4 Å². The zero-order valence-corrected chi connectivity index (χ0v) is 15.1. The first-order valence-electron chi connectivity index (χ1n) is 6.83. The Morgan fingerprint density at radius 3 is 2.67 bits per heavy atom. The Morgan fingerprint density at radius 1 is 1.38 bits per heavy atom. The minimum atomic E-state index is -3.86. The van der Waals surface area contributed by atoms with Crippen molar-refractivity contribution in [1.29, 1.82) is 0 Å². The summed E-state index contributed by atoms with van der Waals surface area (Å²) in [7, 11) is -3.86. The molecule has 0 N–H and O–H groups in total. The van der Waals surface area contributed by atoms with Gasteiger partial charge in [-0.15, -0.1) is 11.6 Å². The highest BCUT2D eigenvalue weighted by Crippen LogP contribution is 2.32.